The highest BCUT2D eigenvalue weighted by atomic mass is 32.3. The molecule has 0 saturated carbocycles. The summed E-state index contributed by atoms with van der Waals surface area (Å²) in [6, 6.07) is 3.29. The number of aromatic nitrogens is 1. The molecule has 14 heavy (non-hydrogen) atoms. The van der Waals surface area contributed by atoms with Crippen LogP contribution in [0.1, 0.15) is 5.56 Å². The maximum atomic E-state index is 12.2. The summed E-state index contributed by atoms with van der Waals surface area (Å²) < 4.78 is 37.7. The van der Waals surface area contributed by atoms with Crippen molar-refractivity contribution in [3.05, 3.63) is 23.9 Å². The van der Waals surface area contributed by atoms with E-state index in [0.29, 0.717) is 11.4 Å². The highest BCUT2D eigenvalue weighted by Gasteiger charge is 2.10. The Morgan fingerprint density at radius 2 is 2.29 bits per heavy atom. The van der Waals surface area contributed by atoms with Gasteiger partial charge in [-0.25, -0.2) is 4.98 Å². The maximum Gasteiger partial charge on any atom is 0.302 e. The second-order valence-electron chi connectivity index (χ2n) is 2.66. The zero-order chi connectivity index (χ0) is 10.6. The Kier molecular flexibility index (Phi) is 3.40. The van der Waals surface area contributed by atoms with Crippen molar-refractivity contribution in [2.75, 3.05) is 12.9 Å². The van der Waals surface area contributed by atoms with Crippen LogP contribution in [0.5, 0.6) is 5.88 Å². The fourth-order valence-electron chi connectivity index (χ4n) is 1.03. The van der Waals surface area contributed by atoms with E-state index in [9.17, 15) is 12.3 Å². The van der Waals surface area contributed by atoms with Crippen molar-refractivity contribution in [2.24, 2.45) is 0 Å². The molecule has 78 valence electrons. The van der Waals surface area contributed by atoms with Gasteiger partial charge in [-0.1, -0.05) is 6.07 Å². The van der Waals surface area contributed by atoms with Gasteiger partial charge in [-0.2, -0.15) is 8.42 Å². The average Bonchev–Trinajstić information content (AvgIpc) is 2.14. The molecule has 0 atom stereocenters. The lowest BCUT2D eigenvalue weighted by Gasteiger charge is -2.04. The molecule has 0 radical (unpaired) electrons. The lowest BCUT2D eigenvalue weighted by atomic mass is 10.2. The number of rotatable bonds is 4. The molecule has 0 fully saturated rings. The SMILES string of the molecule is COc1ncccc1CCS(=O)(=O)F. The van der Waals surface area contributed by atoms with Crippen molar-refractivity contribution in [2.45, 2.75) is 6.42 Å². The fourth-order valence-corrected chi connectivity index (χ4v) is 1.49. The molecule has 0 saturated heterocycles. The van der Waals surface area contributed by atoms with Crippen LogP contribution in [0, 0.1) is 0 Å². The molecule has 0 aromatic carbocycles. The van der Waals surface area contributed by atoms with E-state index >= 15 is 0 Å². The van der Waals surface area contributed by atoms with E-state index in [-0.39, 0.29) is 6.42 Å². The Bertz CT molecular complexity index is 405. The monoisotopic (exact) mass is 219 g/mol. The molecular formula is C8H10FNO3S. The van der Waals surface area contributed by atoms with Crippen molar-refractivity contribution in [1.82, 2.24) is 4.98 Å². The van der Waals surface area contributed by atoms with E-state index < -0.39 is 16.0 Å². The number of hydrogen-bond acceptors (Lipinski definition) is 4. The number of pyridine rings is 1. The van der Waals surface area contributed by atoms with Crippen molar-refractivity contribution in [3.63, 3.8) is 0 Å². The minimum absolute atomic E-state index is 0.0653. The summed E-state index contributed by atoms with van der Waals surface area (Å²) in [6.45, 7) is 0. The zero-order valence-electron chi connectivity index (χ0n) is 7.60. The summed E-state index contributed by atoms with van der Waals surface area (Å²) in [6.07, 6.45) is 1.59. The molecule has 1 heterocycles. The summed E-state index contributed by atoms with van der Waals surface area (Å²) in [5.41, 5.74) is 0.580. The molecule has 0 aliphatic carbocycles. The van der Waals surface area contributed by atoms with E-state index in [1.165, 1.54) is 13.3 Å². The minimum Gasteiger partial charge on any atom is -0.481 e. The van der Waals surface area contributed by atoms with Crippen LogP contribution in [-0.2, 0) is 16.6 Å². The highest BCUT2D eigenvalue weighted by Crippen LogP contribution is 2.14. The van der Waals surface area contributed by atoms with Crippen LogP contribution in [0.4, 0.5) is 3.89 Å². The normalized spacial score (nSPS) is 11.3. The molecule has 0 aliphatic rings. The largest absolute Gasteiger partial charge is 0.481 e. The Hall–Kier alpha value is -1.17. The topological polar surface area (TPSA) is 56.3 Å². The summed E-state index contributed by atoms with van der Waals surface area (Å²) in [7, 11) is -3.00. The van der Waals surface area contributed by atoms with Crippen LogP contribution in [0.3, 0.4) is 0 Å². The number of aryl methyl sites for hydroxylation is 1. The van der Waals surface area contributed by atoms with Gasteiger partial charge < -0.3 is 4.74 Å². The van der Waals surface area contributed by atoms with Crippen LogP contribution in [-0.4, -0.2) is 26.3 Å². The number of hydrogen-bond donors (Lipinski definition) is 0. The predicted molar refractivity (Wildman–Crippen MR) is 49.4 cm³/mol. The van der Waals surface area contributed by atoms with Crippen LogP contribution >= 0.6 is 0 Å². The van der Waals surface area contributed by atoms with Crippen LogP contribution < -0.4 is 4.74 Å². The standard InChI is InChI=1S/C8H10FNO3S/c1-13-8-7(3-2-5-10-8)4-6-14(9,11)12/h2-3,5H,4,6H2,1H3. The zero-order valence-corrected chi connectivity index (χ0v) is 8.42. The second kappa shape index (κ2) is 4.36. The molecule has 1 rings (SSSR count). The summed E-state index contributed by atoms with van der Waals surface area (Å²) in [5, 5.41) is 0. The quantitative estimate of drug-likeness (QED) is 0.707. The minimum atomic E-state index is -4.43. The van der Waals surface area contributed by atoms with E-state index in [1.54, 1.807) is 12.1 Å². The first kappa shape index (κ1) is 10.9. The van der Waals surface area contributed by atoms with Gasteiger partial charge in [-0.3, -0.25) is 0 Å². The van der Waals surface area contributed by atoms with Gasteiger partial charge in [0.2, 0.25) is 5.88 Å². The third kappa shape index (κ3) is 3.29. The van der Waals surface area contributed by atoms with Gasteiger partial charge in [0.05, 0.1) is 12.9 Å². The van der Waals surface area contributed by atoms with E-state index in [4.69, 9.17) is 4.74 Å². The van der Waals surface area contributed by atoms with Gasteiger partial charge in [0, 0.05) is 11.8 Å². The Labute approximate surface area is 81.9 Å². The molecule has 0 spiro atoms. The molecule has 6 heteroatoms. The Balaban J connectivity index is 2.76. The van der Waals surface area contributed by atoms with Gasteiger partial charge >= 0.3 is 10.2 Å². The average molecular weight is 219 g/mol. The molecule has 0 amide bonds. The first-order chi connectivity index (χ1) is 6.53. The third-order valence-electron chi connectivity index (χ3n) is 1.66. The van der Waals surface area contributed by atoms with Gasteiger partial charge in [0.15, 0.2) is 0 Å². The predicted octanol–water partition coefficient (Wildman–Crippen LogP) is 0.932. The maximum absolute atomic E-state index is 12.2. The van der Waals surface area contributed by atoms with E-state index in [2.05, 4.69) is 4.98 Å². The summed E-state index contributed by atoms with van der Waals surface area (Å²) in [5.74, 6) is -0.217. The summed E-state index contributed by atoms with van der Waals surface area (Å²) in [4.78, 5) is 3.86. The molecule has 1 aromatic rings. The van der Waals surface area contributed by atoms with Crippen LogP contribution in [0.25, 0.3) is 0 Å². The Morgan fingerprint density at radius 3 is 2.86 bits per heavy atom. The van der Waals surface area contributed by atoms with Gasteiger partial charge in [0.25, 0.3) is 0 Å². The molecule has 1 aromatic heterocycles. The fraction of sp³-hybridized carbons (Fsp3) is 0.375. The van der Waals surface area contributed by atoms with Gasteiger partial charge in [0.1, 0.15) is 0 Å². The van der Waals surface area contributed by atoms with Gasteiger partial charge in [-0.15, -0.1) is 3.89 Å². The number of nitrogens with zero attached hydrogens (tertiary/aromatic N) is 1. The van der Waals surface area contributed by atoms with Crippen molar-refractivity contribution >= 4 is 10.2 Å². The molecule has 0 aliphatic heterocycles. The van der Waals surface area contributed by atoms with Gasteiger partial charge in [-0.05, 0) is 12.5 Å². The van der Waals surface area contributed by atoms with Crippen LogP contribution in [0.15, 0.2) is 18.3 Å². The molecular weight excluding hydrogens is 209 g/mol. The molecule has 0 unspecified atom stereocenters. The van der Waals surface area contributed by atoms with Crippen molar-refractivity contribution < 1.29 is 17.0 Å². The van der Waals surface area contributed by atoms with E-state index in [1.807, 2.05) is 0 Å². The first-order valence-corrected chi connectivity index (χ1v) is 5.48. The number of halogens is 1. The second-order valence-corrected chi connectivity index (χ2v) is 4.15. The summed E-state index contributed by atoms with van der Waals surface area (Å²) >= 11 is 0. The molecule has 0 bridgehead atoms. The third-order valence-corrected chi connectivity index (χ3v) is 2.35. The van der Waals surface area contributed by atoms with Crippen LogP contribution in [0.2, 0.25) is 0 Å². The lowest BCUT2D eigenvalue weighted by Crippen LogP contribution is -2.04. The number of ether oxygens (including phenoxy) is 1. The number of methoxy groups -OCH3 is 1. The molecule has 0 N–H and O–H groups in total. The smallest absolute Gasteiger partial charge is 0.302 e. The van der Waals surface area contributed by atoms with Crippen molar-refractivity contribution in [3.8, 4) is 5.88 Å². The first-order valence-electron chi connectivity index (χ1n) is 3.93. The highest BCUT2D eigenvalue weighted by molar-refractivity contribution is 7.86. The molecule has 4 nitrogen and oxygen atoms in total. The van der Waals surface area contributed by atoms with Crippen molar-refractivity contribution in [1.29, 1.82) is 0 Å². The lowest BCUT2D eigenvalue weighted by molar-refractivity contribution is 0.393. The Morgan fingerprint density at radius 1 is 1.57 bits per heavy atom. The van der Waals surface area contributed by atoms with E-state index in [0.717, 1.165) is 0 Å².